The molecule has 0 saturated heterocycles. The summed E-state index contributed by atoms with van der Waals surface area (Å²) in [7, 11) is 0. The molecule has 0 spiro atoms. The monoisotopic (exact) mass is 261 g/mol. The number of carbonyl (C=O) groups is 1. The van der Waals surface area contributed by atoms with Gasteiger partial charge in [0.1, 0.15) is 11.6 Å². The lowest BCUT2D eigenvalue weighted by molar-refractivity contribution is 0.0996. The van der Waals surface area contributed by atoms with E-state index in [1.54, 1.807) is 13.0 Å². The van der Waals surface area contributed by atoms with Crippen LogP contribution in [0.15, 0.2) is 30.5 Å². The minimum atomic E-state index is -0.828. The van der Waals surface area contributed by atoms with Gasteiger partial charge in [-0.1, -0.05) is 0 Å². The van der Waals surface area contributed by atoms with Crippen molar-refractivity contribution < 1.29 is 13.9 Å². The fourth-order valence-electron chi connectivity index (χ4n) is 1.48. The van der Waals surface area contributed by atoms with E-state index in [2.05, 4.69) is 4.98 Å². The number of carbonyl (C=O) groups excluding carboxylic acids is 1. The van der Waals surface area contributed by atoms with Crippen LogP contribution in [0.5, 0.6) is 11.6 Å². The molecule has 0 bridgehead atoms. The molecule has 4 N–H and O–H groups in total. The smallest absolute Gasteiger partial charge is 0.251 e. The van der Waals surface area contributed by atoms with E-state index in [1.165, 1.54) is 18.3 Å². The van der Waals surface area contributed by atoms with Crippen molar-refractivity contribution in [1.29, 1.82) is 0 Å². The van der Waals surface area contributed by atoms with Crippen LogP contribution in [0, 0.1) is 12.7 Å². The van der Waals surface area contributed by atoms with E-state index in [4.69, 9.17) is 16.2 Å². The van der Waals surface area contributed by atoms with Crippen LogP contribution < -0.4 is 16.2 Å². The second-order valence-electron chi connectivity index (χ2n) is 3.99. The van der Waals surface area contributed by atoms with Crippen molar-refractivity contribution in [2.75, 3.05) is 5.73 Å². The number of nitrogens with zero attached hydrogens (tertiary/aromatic N) is 1. The van der Waals surface area contributed by atoms with E-state index in [1.807, 2.05) is 0 Å². The van der Waals surface area contributed by atoms with Crippen LogP contribution in [0.3, 0.4) is 0 Å². The molecular weight excluding hydrogens is 249 g/mol. The van der Waals surface area contributed by atoms with Gasteiger partial charge >= 0.3 is 0 Å². The summed E-state index contributed by atoms with van der Waals surface area (Å²) >= 11 is 0. The van der Waals surface area contributed by atoms with E-state index in [-0.39, 0.29) is 17.2 Å². The molecule has 1 aromatic heterocycles. The molecule has 0 unspecified atom stereocenters. The van der Waals surface area contributed by atoms with Gasteiger partial charge in [-0.3, -0.25) is 4.79 Å². The Morgan fingerprint density at radius 3 is 2.68 bits per heavy atom. The number of aryl methyl sites for hydroxylation is 1. The topological polar surface area (TPSA) is 91.2 Å². The first-order valence-electron chi connectivity index (χ1n) is 5.46. The van der Waals surface area contributed by atoms with Gasteiger partial charge in [0.15, 0.2) is 0 Å². The molecule has 1 aromatic carbocycles. The van der Waals surface area contributed by atoms with Gasteiger partial charge in [-0.15, -0.1) is 0 Å². The predicted octanol–water partition coefficient (Wildman–Crippen LogP) is 2.00. The van der Waals surface area contributed by atoms with Crippen molar-refractivity contribution in [3.63, 3.8) is 0 Å². The Balaban J connectivity index is 2.26. The number of nitrogen functional groups attached to an aromatic ring is 1. The molecule has 0 fully saturated rings. The fraction of sp³-hybridized carbons (Fsp3) is 0.0769. The molecule has 0 aliphatic heterocycles. The normalized spacial score (nSPS) is 10.2. The molecule has 1 amide bonds. The molecule has 0 atom stereocenters. The summed E-state index contributed by atoms with van der Waals surface area (Å²) in [5.74, 6) is -1.06. The maximum atomic E-state index is 13.5. The van der Waals surface area contributed by atoms with Gasteiger partial charge in [-0.2, -0.15) is 0 Å². The van der Waals surface area contributed by atoms with Crippen LogP contribution in [-0.2, 0) is 0 Å². The second kappa shape index (κ2) is 4.93. The molecule has 19 heavy (non-hydrogen) atoms. The summed E-state index contributed by atoms with van der Waals surface area (Å²) in [6.45, 7) is 1.81. The van der Waals surface area contributed by atoms with Crippen molar-refractivity contribution >= 4 is 11.6 Å². The number of aromatic nitrogens is 1. The minimum absolute atomic E-state index is 0.186. The molecule has 5 nitrogen and oxygen atoms in total. The standard InChI is InChI=1S/C13H12FN3O2/c1-7-4-12(17-6-11(7)15)19-8-2-3-9(13(16)18)10(14)5-8/h2-6H,15H2,1H3,(H2,16,18). The molecule has 0 radical (unpaired) electrons. The molecule has 0 saturated carbocycles. The number of ether oxygens (including phenoxy) is 1. The summed E-state index contributed by atoms with van der Waals surface area (Å²) in [5.41, 5.74) is 11.8. The van der Waals surface area contributed by atoms with Crippen LogP contribution >= 0.6 is 0 Å². The van der Waals surface area contributed by atoms with E-state index in [9.17, 15) is 9.18 Å². The van der Waals surface area contributed by atoms with Crippen molar-refractivity contribution in [3.8, 4) is 11.6 Å². The van der Waals surface area contributed by atoms with Crippen LogP contribution in [-0.4, -0.2) is 10.9 Å². The molecule has 1 heterocycles. The number of nitrogens with two attached hydrogens (primary N) is 2. The molecule has 0 aliphatic rings. The van der Waals surface area contributed by atoms with Gasteiger partial charge in [0.25, 0.3) is 5.91 Å². The number of halogens is 1. The largest absolute Gasteiger partial charge is 0.439 e. The molecule has 2 rings (SSSR count). The molecular formula is C13H12FN3O2. The summed E-state index contributed by atoms with van der Waals surface area (Å²) in [4.78, 5) is 14.8. The maximum absolute atomic E-state index is 13.5. The average molecular weight is 261 g/mol. The molecule has 0 aliphatic carbocycles. The van der Waals surface area contributed by atoms with Crippen LogP contribution in [0.25, 0.3) is 0 Å². The lowest BCUT2D eigenvalue weighted by Gasteiger charge is -2.07. The van der Waals surface area contributed by atoms with Gasteiger partial charge < -0.3 is 16.2 Å². The quantitative estimate of drug-likeness (QED) is 0.884. The zero-order chi connectivity index (χ0) is 14.0. The Morgan fingerprint density at radius 2 is 2.11 bits per heavy atom. The number of amides is 1. The van der Waals surface area contributed by atoms with Gasteiger partial charge in [-0.05, 0) is 24.6 Å². The van der Waals surface area contributed by atoms with E-state index < -0.39 is 11.7 Å². The van der Waals surface area contributed by atoms with Crippen molar-refractivity contribution in [2.24, 2.45) is 5.73 Å². The van der Waals surface area contributed by atoms with Crippen molar-refractivity contribution in [1.82, 2.24) is 4.98 Å². The highest BCUT2D eigenvalue weighted by atomic mass is 19.1. The Hall–Kier alpha value is -2.63. The molecule has 6 heteroatoms. The van der Waals surface area contributed by atoms with E-state index in [0.29, 0.717) is 5.69 Å². The summed E-state index contributed by atoms with van der Waals surface area (Å²) < 4.78 is 18.9. The lowest BCUT2D eigenvalue weighted by atomic mass is 10.2. The van der Waals surface area contributed by atoms with Gasteiger partial charge in [-0.25, -0.2) is 9.37 Å². The van der Waals surface area contributed by atoms with Crippen LogP contribution in [0.2, 0.25) is 0 Å². The third-order valence-corrected chi connectivity index (χ3v) is 2.55. The number of anilines is 1. The first-order valence-corrected chi connectivity index (χ1v) is 5.46. The lowest BCUT2D eigenvalue weighted by Crippen LogP contribution is -2.12. The third kappa shape index (κ3) is 2.79. The summed E-state index contributed by atoms with van der Waals surface area (Å²) in [5, 5.41) is 0. The maximum Gasteiger partial charge on any atom is 0.251 e. The first-order chi connectivity index (χ1) is 8.97. The van der Waals surface area contributed by atoms with Crippen LogP contribution in [0.1, 0.15) is 15.9 Å². The second-order valence-corrected chi connectivity index (χ2v) is 3.99. The highest BCUT2D eigenvalue weighted by molar-refractivity contribution is 5.93. The Kier molecular flexibility index (Phi) is 3.33. The predicted molar refractivity (Wildman–Crippen MR) is 68.4 cm³/mol. The van der Waals surface area contributed by atoms with Gasteiger partial charge in [0.2, 0.25) is 5.88 Å². The first kappa shape index (κ1) is 12.8. The summed E-state index contributed by atoms with van der Waals surface area (Å²) in [6, 6.07) is 5.41. The van der Waals surface area contributed by atoms with Gasteiger partial charge in [0.05, 0.1) is 17.4 Å². The Morgan fingerprint density at radius 1 is 1.37 bits per heavy atom. The number of pyridine rings is 1. The number of benzene rings is 1. The van der Waals surface area contributed by atoms with E-state index >= 15 is 0 Å². The Labute approximate surface area is 109 Å². The van der Waals surface area contributed by atoms with Crippen molar-refractivity contribution in [2.45, 2.75) is 6.92 Å². The van der Waals surface area contributed by atoms with Gasteiger partial charge in [0, 0.05) is 12.1 Å². The number of rotatable bonds is 3. The number of hydrogen-bond donors (Lipinski definition) is 2. The molecule has 98 valence electrons. The average Bonchev–Trinajstić information content (AvgIpc) is 2.33. The number of hydrogen-bond acceptors (Lipinski definition) is 4. The molecule has 2 aromatic rings. The minimum Gasteiger partial charge on any atom is -0.439 e. The zero-order valence-electron chi connectivity index (χ0n) is 10.2. The van der Waals surface area contributed by atoms with E-state index in [0.717, 1.165) is 11.6 Å². The van der Waals surface area contributed by atoms with Crippen molar-refractivity contribution in [3.05, 3.63) is 47.4 Å². The highest BCUT2D eigenvalue weighted by Gasteiger charge is 2.10. The summed E-state index contributed by atoms with van der Waals surface area (Å²) in [6.07, 6.45) is 1.46. The SMILES string of the molecule is Cc1cc(Oc2ccc(C(N)=O)c(F)c2)ncc1N. The number of primary amides is 1. The third-order valence-electron chi connectivity index (χ3n) is 2.55. The highest BCUT2D eigenvalue weighted by Crippen LogP contribution is 2.23. The van der Waals surface area contributed by atoms with Crippen LogP contribution in [0.4, 0.5) is 10.1 Å². The fourth-order valence-corrected chi connectivity index (χ4v) is 1.48. The Bertz CT molecular complexity index is 644. The zero-order valence-corrected chi connectivity index (χ0v) is 10.2.